The second-order valence-electron chi connectivity index (χ2n) is 4.38. The Balaban J connectivity index is 2.55. The molecule has 5 nitrogen and oxygen atoms in total. The Bertz CT molecular complexity index is 526. The number of sulfone groups is 1. The van der Waals surface area contributed by atoms with Gasteiger partial charge in [0.2, 0.25) is 5.91 Å². The van der Waals surface area contributed by atoms with Gasteiger partial charge in [-0.2, -0.15) is 0 Å². The number of rotatable bonds is 5. The maximum absolute atomic E-state index is 11.7. The Kier molecular flexibility index (Phi) is 4.86. The van der Waals surface area contributed by atoms with Gasteiger partial charge >= 0.3 is 0 Å². The molecule has 1 unspecified atom stereocenters. The molecule has 0 saturated heterocycles. The van der Waals surface area contributed by atoms with Crippen molar-refractivity contribution < 1.29 is 13.2 Å². The molecule has 1 aromatic rings. The fourth-order valence-corrected chi connectivity index (χ4v) is 2.11. The summed E-state index contributed by atoms with van der Waals surface area (Å²) in [4.78, 5) is 11.7. The van der Waals surface area contributed by atoms with Gasteiger partial charge in [0.05, 0.1) is 11.8 Å². The first kappa shape index (κ1) is 14.7. The molecule has 0 spiro atoms. The topological polar surface area (TPSA) is 89.3 Å². The summed E-state index contributed by atoms with van der Waals surface area (Å²) in [6.45, 7) is 1.92. The number of aryl methyl sites for hydroxylation is 1. The van der Waals surface area contributed by atoms with Gasteiger partial charge in [-0.1, -0.05) is 12.1 Å². The van der Waals surface area contributed by atoms with Crippen molar-refractivity contribution in [2.75, 3.05) is 17.3 Å². The second kappa shape index (κ2) is 5.97. The van der Waals surface area contributed by atoms with Crippen molar-refractivity contribution in [2.45, 2.75) is 19.4 Å². The van der Waals surface area contributed by atoms with Gasteiger partial charge in [-0.25, -0.2) is 8.42 Å². The highest BCUT2D eigenvalue weighted by atomic mass is 32.2. The predicted molar refractivity (Wildman–Crippen MR) is 72.1 cm³/mol. The van der Waals surface area contributed by atoms with E-state index in [1.807, 2.05) is 25.1 Å². The third-order valence-electron chi connectivity index (χ3n) is 2.42. The van der Waals surface area contributed by atoms with E-state index in [9.17, 15) is 13.2 Å². The van der Waals surface area contributed by atoms with Gasteiger partial charge in [0.15, 0.2) is 0 Å². The van der Waals surface area contributed by atoms with Crippen LogP contribution < -0.4 is 11.1 Å². The minimum atomic E-state index is -3.09. The van der Waals surface area contributed by atoms with Crippen LogP contribution in [0.1, 0.15) is 12.0 Å². The number of nitrogens with one attached hydrogen (secondary N) is 1. The smallest absolute Gasteiger partial charge is 0.241 e. The van der Waals surface area contributed by atoms with Gasteiger partial charge in [-0.3, -0.25) is 4.79 Å². The minimum absolute atomic E-state index is 0.0879. The largest absolute Gasteiger partial charge is 0.325 e. The van der Waals surface area contributed by atoms with Crippen LogP contribution in [-0.2, 0) is 14.6 Å². The second-order valence-corrected chi connectivity index (χ2v) is 6.64. The molecule has 0 aromatic heterocycles. The standard InChI is InChI=1S/C12H18N2O3S/c1-9-4-3-5-10(8-9)14-12(15)11(13)6-7-18(2,16)17/h3-5,8,11H,6-7,13H2,1-2H3,(H,14,15). The van der Waals surface area contributed by atoms with E-state index in [1.54, 1.807) is 6.07 Å². The van der Waals surface area contributed by atoms with E-state index in [1.165, 1.54) is 0 Å². The first-order chi connectivity index (χ1) is 8.28. The van der Waals surface area contributed by atoms with E-state index in [2.05, 4.69) is 5.32 Å². The number of nitrogens with two attached hydrogens (primary N) is 1. The SMILES string of the molecule is Cc1cccc(NC(=O)C(N)CCS(C)(=O)=O)c1. The molecule has 0 aliphatic rings. The number of carbonyl (C=O) groups excluding carboxylic acids is 1. The lowest BCUT2D eigenvalue weighted by atomic mass is 10.2. The van der Waals surface area contributed by atoms with E-state index in [0.717, 1.165) is 11.8 Å². The summed E-state index contributed by atoms with van der Waals surface area (Å²) in [5, 5.41) is 2.66. The number of amides is 1. The first-order valence-electron chi connectivity index (χ1n) is 5.59. The highest BCUT2D eigenvalue weighted by molar-refractivity contribution is 7.90. The van der Waals surface area contributed by atoms with Crippen LogP contribution in [0.5, 0.6) is 0 Å². The zero-order valence-corrected chi connectivity index (χ0v) is 11.3. The highest BCUT2D eigenvalue weighted by Crippen LogP contribution is 2.10. The molecular weight excluding hydrogens is 252 g/mol. The Morgan fingerprint density at radius 3 is 2.67 bits per heavy atom. The molecule has 1 aromatic carbocycles. The summed E-state index contributed by atoms with van der Waals surface area (Å²) >= 11 is 0. The molecule has 1 amide bonds. The Morgan fingerprint density at radius 2 is 2.11 bits per heavy atom. The van der Waals surface area contributed by atoms with Crippen LogP contribution in [0.2, 0.25) is 0 Å². The summed E-state index contributed by atoms with van der Waals surface area (Å²) < 4.78 is 21.9. The molecule has 100 valence electrons. The third kappa shape index (κ3) is 5.29. The average molecular weight is 270 g/mol. The van der Waals surface area contributed by atoms with Gasteiger partial charge in [-0.15, -0.1) is 0 Å². The number of hydrogen-bond acceptors (Lipinski definition) is 4. The van der Waals surface area contributed by atoms with Crippen LogP contribution in [0.4, 0.5) is 5.69 Å². The molecule has 0 aliphatic heterocycles. The number of carbonyl (C=O) groups is 1. The number of anilines is 1. The van der Waals surface area contributed by atoms with E-state index in [0.29, 0.717) is 5.69 Å². The molecule has 6 heteroatoms. The normalized spacial score (nSPS) is 13.1. The minimum Gasteiger partial charge on any atom is -0.325 e. The zero-order chi connectivity index (χ0) is 13.8. The molecule has 0 saturated carbocycles. The monoisotopic (exact) mass is 270 g/mol. The maximum atomic E-state index is 11.7. The van der Waals surface area contributed by atoms with Crippen LogP contribution in [0.25, 0.3) is 0 Å². The Labute approximate surface area is 107 Å². The molecule has 0 fully saturated rings. The van der Waals surface area contributed by atoms with Crippen LogP contribution in [0, 0.1) is 6.92 Å². The van der Waals surface area contributed by atoms with Crippen LogP contribution >= 0.6 is 0 Å². The summed E-state index contributed by atoms with van der Waals surface area (Å²) in [5.41, 5.74) is 7.32. The van der Waals surface area contributed by atoms with Gasteiger partial charge in [0.25, 0.3) is 0 Å². The first-order valence-corrected chi connectivity index (χ1v) is 7.65. The fraction of sp³-hybridized carbons (Fsp3) is 0.417. The van der Waals surface area contributed by atoms with Crippen LogP contribution in [0.15, 0.2) is 24.3 Å². The summed E-state index contributed by atoms with van der Waals surface area (Å²) in [6.07, 6.45) is 1.24. The molecule has 0 heterocycles. The quantitative estimate of drug-likeness (QED) is 0.824. The van der Waals surface area contributed by atoms with Crippen molar-refractivity contribution in [3.8, 4) is 0 Å². The number of hydrogen-bond donors (Lipinski definition) is 2. The Hall–Kier alpha value is -1.40. The lowest BCUT2D eigenvalue weighted by molar-refractivity contribution is -0.117. The Morgan fingerprint density at radius 1 is 1.44 bits per heavy atom. The molecule has 3 N–H and O–H groups in total. The lowest BCUT2D eigenvalue weighted by Crippen LogP contribution is -2.37. The van der Waals surface area contributed by atoms with Crippen LogP contribution in [0.3, 0.4) is 0 Å². The molecule has 18 heavy (non-hydrogen) atoms. The van der Waals surface area contributed by atoms with Crippen molar-refractivity contribution in [2.24, 2.45) is 5.73 Å². The van der Waals surface area contributed by atoms with Crippen molar-refractivity contribution in [1.82, 2.24) is 0 Å². The van der Waals surface area contributed by atoms with Crippen molar-refractivity contribution in [3.63, 3.8) is 0 Å². The van der Waals surface area contributed by atoms with E-state index in [4.69, 9.17) is 5.73 Å². The van der Waals surface area contributed by atoms with E-state index < -0.39 is 15.9 Å². The predicted octanol–water partition coefficient (Wildman–Crippen LogP) is 0.696. The number of benzene rings is 1. The van der Waals surface area contributed by atoms with E-state index >= 15 is 0 Å². The van der Waals surface area contributed by atoms with E-state index in [-0.39, 0.29) is 18.1 Å². The van der Waals surface area contributed by atoms with Gasteiger partial charge in [0, 0.05) is 11.9 Å². The molecule has 1 atom stereocenters. The molecule has 0 bridgehead atoms. The molecular formula is C12H18N2O3S. The van der Waals surface area contributed by atoms with Gasteiger partial charge in [-0.05, 0) is 31.0 Å². The highest BCUT2D eigenvalue weighted by Gasteiger charge is 2.15. The fourth-order valence-electron chi connectivity index (χ4n) is 1.43. The van der Waals surface area contributed by atoms with Crippen molar-refractivity contribution >= 4 is 21.4 Å². The molecule has 0 radical (unpaired) electrons. The van der Waals surface area contributed by atoms with Crippen molar-refractivity contribution in [3.05, 3.63) is 29.8 Å². The van der Waals surface area contributed by atoms with Crippen LogP contribution in [-0.4, -0.2) is 32.4 Å². The van der Waals surface area contributed by atoms with Gasteiger partial charge < -0.3 is 11.1 Å². The zero-order valence-electron chi connectivity index (χ0n) is 10.5. The molecule has 1 rings (SSSR count). The lowest BCUT2D eigenvalue weighted by Gasteiger charge is -2.12. The van der Waals surface area contributed by atoms with Crippen molar-refractivity contribution in [1.29, 1.82) is 0 Å². The maximum Gasteiger partial charge on any atom is 0.241 e. The summed E-state index contributed by atoms with van der Waals surface area (Å²) in [6, 6.07) is 6.50. The summed E-state index contributed by atoms with van der Waals surface area (Å²) in [5.74, 6) is -0.459. The molecule has 0 aliphatic carbocycles. The summed E-state index contributed by atoms with van der Waals surface area (Å²) in [7, 11) is -3.09. The van der Waals surface area contributed by atoms with Gasteiger partial charge in [0.1, 0.15) is 9.84 Å². The third-order valence-corrected chi connectivity index (χ3v) is 3.40. The average Bonchev–Trinajstić information content (AvgIpc) is 2.24.